The molecule has 2 unspecified atom stereocenters. The summed E-state index contributed by atoms with van der Waals surface area (Å²) in [5, 5.41) is 4.29. The number of rotatable bonds is 7. The molecule has 1 aliphatic carbocycles. The third kappa shape index (κ3) is 4.98. The highest BCUT2D eigenvalue weighted by atomic mass is 35.5. The van der Waals surface area contributed by atoms with Gasteiger partial charge in [-0.15, -0.1) is 0 Å². The van der Waals surface area contributed by atoms with Crippen LogP contribution >= 0.6 is 11.6 Å². The van der Waals surface area contributed by atoms with Gasteiger partial charge in [0.2, 0.25) is 0 Å². The van der Waals surface area contributed by atoms with Crippen molar-refractivity contribution in [3.63, 3.8) is 0 Å². The van der Waals surface area contributed by atoms with Crippen LogP contribution < -0.4 is 5.32 Å². The van der Waals surface area contributed by atoms with E-state index in [9.17, 15) is 0 Å². The highest BCUT2D eigenvalue weighted by Gasteiger charge is 2.30. The lowest BCUT2D eigenvalue weighted by Gasteiger charge is -2.35. The molecule has 1 aliphatic rings. The van der Waals surface area contributed by atoms with Crippen molar-refractivity contribution in [3.8, 4) is 0 Å². The van der Waals surface area contributed by atoms with E-state index < -0.39 is 0 Å². The van der Waals surface area contributed by atoms with Gasteiger partial charge in [0.25, 0.3) is 0 Å². The van der Waals surface area contributed by atoms with Crippen molar-refractivity contribution in [1.29, 1.82) is 0 Å². The minimum atomic E-state index is 0.316. The first-order chi connectivity index (χ1) is 10.2. The summed E-state index contributed by atoms with van der Waals surface area (Å²) in [5.74, 6) is 0.698. The average Bonchev–Trinajstić information content (AvgIpc) is 2.53. The topological polar surface area (TPSA) is 21.3 Å². The second-order valence-electron chi connectivity index (χ2n) is 6.04. The summed E-state index contributed by atoms with van der Waals surface area (Å²) in [7, 11) is 2.05. The minimum Gasteiger partial charge on any atom is -0.377 e. The van der Waals surface area contributed by atoms with E-state index in [1.165, 1.54) is 37.7 Å². The Morgan fingerprint density at radius 3 is 2.43 bits per heavy atom. The van der Waals surface area contributed by atoms with E-state index >= 15 is 0 Å². The standard InChI is InChI=1S/C18H28ClNO/c1-3-21-18(15-7-5-4-6-8-15)17(20-2)13-14-9-11-16(19)12-10-14/h9-12,15,17-18,20H,3-8,13H2,1-2H3. The monoisotopic (exact) mass is 309 g/mol. The summed E-state index contributed by atoms with van der Waals surface area (Å²) >= 11 is 5.98. The van der Waals surface area contributed by atoms with Gasteiger partial charge in [-0.2, -0.15) is 0 Å². The molecule has 0 heterocycles. The fraction of sp³-hybridized carbons (Fsp3) is 0.667. The van der Waals surface area contributed by atoms with Crippen molar-refractivity contribution >= 4 is 11.6 Å². The molecule has 118 valence electrons. The van der Waals surface area contributed by atoms with E-state index in [2.05, 4.69) is 31.4 Å². The molecule has 1 aromatic rings. The lowest BCUT2D eigenvalue weighted by molar-refractivity contribution is -0.0159. The molecule has 21 heavy (non-hydrogen) atoms. The van der Waals surface area contributed by atoms with E-state index in [0.29, 0.717) is 18.1 Å². The zero-order valence-corrected chi connectivity index (χ0v) is 14.0. The first-order valence-corrected chi connectivity index (χ1v) is 8.65. The third-order valence-corrected chi connectivity index (χ3v) is 4.86. The largest absolute Gasteiger partial charge is 0.377 e. The molecule has 1 N–H and O–H groups in total. The van der Waals surface area contributed by atoms with E-state index in [-0.39, 0.29) is 0 Å². The quantitative estimate of drug-likeness (QED) is 0.803. The van der Waals surface area contributed by atoms with Crippen molar-refractivity contribution in [3.05, 3.63) is 34.9 Å². The summed E-state index contributed by atoms with van der Waals surface area (Å²) in [6.07, 6.45) is 8.02. The summed E-state index contributed by atoms with van der Waals surface area (Å²) in [6.45, 7) is 2.89. The van der Waals surface area contributed by atoms with E-state index in [1.807, 2.05) is 12.1 Å². The van der Waals surface area contributed by atoms with Crippen LogP contribution in [0.3, 0.4) is 0 Å². The molecule has 0 amide bonds. The van der Waals surface area contributed by atoms with Crippen LogP contribution in [0.25, 0.3) is 0 Å². The van der Waals surface area contributed by atoms with Crippen LogP contribution in [0.1, 0.15) is 44.6 Å². The Morgan fingerprint density at radius 1 is 1.19 bits per heavy atom. The molecule has 0 bridgehead atoms. The molecule has 2 atom stereocenters. The van der Waals surface area contributed by atoms with Crippen LogP contribution in [-0.2, 0) is 11.2 Å². The molecule has 1 saturated carbocycles. The maximum Gasteiger partial charge on any atom is 0.0759 e. The number of hydrogen-bond donors (Lipinski definition) is 1. The smallest absolute Gasteiger partial charge is 0.0759 e. The van der Waals surface area contributed by atoms with Crippen LogP contribution in [-0.4, -0.2) is 25.8 Å². The second-order valence-corrected chi connectivity index (χ2v) is 6.48. The molecule has 1 aromatic carbocycles. The van der Waals surface area contributed by atoms with Crippen molar-refractivity contribution in [2.45, 2.75) is 57.6 Å². The fourth-order valence-electron chi connectivity index (χ4n) is 3.49. The maximum absolute atomic E-state index is 6.14. The van der Waals surface area contributed by atoms with Crippen molar-refractivity contribution in [2.75, 3.05) is 13.7 Å². The van der Waals surface area contributed by atoms with Crippen LogP contribution in [0.2, 0.25) is 5.02 Å². The zero-order chi connectivity index (χ0) is 15.1. The Balaban J connectivity index is 2.05. The van der Waals surface area contributed by atoms with Gasteiger partial charge in [0.05, 0.1) is 6.10 Å². The SMILES string of the molecule is CCOC(C1CCCCC1)C(Cc1ccc(Cl)cc1)NC. The molecule has 0 radical (unpaired) electrons. The van der Waals surface area contributed by atoms with Crippen molar-refractivity contribution in [2.24, 2.45) is 5.92 Å². The first kappa shape index (κ1) is 16.8. The van der Waals surface area contributed by atoms with Gasteiger partial charge in [0.15, 0.2) is 0 Å². The van der Waals surface area contributed by atoms with Crippen LogP contribution in [0, 0.1) is 5.92 Å². The van der Waals surface area contributed by atoms with E-state index in [4.69, 9.17) is 16.3 Å². The number of halogens is 1. The Labute approximate surface area is 134 Å². The lowest BCUT2D eigenvalue weighted by atomic mass is 9.81. The predicted octanol–water partition coefficient (Wildman–Crippen LogP) is 4.46. The van der Waals surface area contributed by atoms with Gasteiger partial charge in [-0.3, -0.25) is 0 Å². The second kappa shape index (κ2) is 8.77. The lowest BCUT2D eigenvalue weighted by Crippen LogP contribution is -2.46. The van der Waals surface area contributed by atoms with Crippen molar-refractivity contribution in [1.82, 2.24) is 5.32 Å². The van der Waals surface area contributed by atoms with Gasteiger partial charge < -0.3 is 10.1 Å². The molecule has 1 fully saturated rings. The van der Waals surface area contributed by atoms with Gasteiger partial charge in [-0.25, -0.2) is 0 Å². The van der Waals surface area contributed by atoms with Crippen molar-refractivity contribution < 1.29 is 4.74 Å². The van der Waals surface area contributed by atoms with Gasteiger partial charge in [-0.1, -0.05) is 43.0 Å². The van der Waals surface area contributed by atoms with E-state index in [1.54, 1.807) is 0 Å². The Kier molecular flexibility index (Phi) is 7.01. The minimum absolute atomic E-state index is 0.316. The summed E-state index contributed by atoms with van der Waals surface area (Å²) in [4.78, 5) is 0. The average molecular weight is 310 g/mol. The Bertz CT molecular complexity index is 400. The van der Waals surface area contributed by atoms with Gasteiger partial charge in [0, 0.05) is 17.7 Å². The summed E-state index contributed by atoms with van der Waals surface area (Å²) < 4.78 is 6.14. The van der Waals surface area contributed by atoms with Gasteiger partial charge in [-0.05, 0) is 56.8 Å². The molecule has 2 nitrogen and oxygen atoms in total. The van der Waals surface area contributed by atoms with Gasteiger partial charge >= 0.3 is 0 Å². The van der Waals surface area contributed by atoms with E-state index in [0.717, 1.165) is 18.1 Å². The summed E-state index contributed by atoms with van der Waals surface area (Å²) in [6, 6.07) is 8.56. The molecule has 0 spiro atoms. The maximum atomic E-state index is 6.14. The normalized spacial score (nSPS) is 19.4. The van der Waals surface area contributed by atoms with Crippen LogP contribution in [0.15, 0.2) is 24.3 Å². The Hall–Kier alpha value is -0.570. The molecular weight excluding hydrogens is 282 g/mol. The molecule has 0 aliphatic heterocycles. The first-order valence-electron chi connectivity index (χ1n) is 8.28. The highest BCUT2D eigenvalue weighted by Crippen LogP contribution is 2.30. The third-order valence-electron chi connectivity index (χ3n) is 4.61. The predicted molar refractivity (Wildman–Crippen MR) is 90.0 cm³/mol. The number of ether oxygens (including phenoxy) is 1. The molecular formula is C18H28ClNO. The van der Waals surface area contributed by atoms with Crippen LogP contribution in [0.4, 0.5) is 0 Å². The number of nitrogens with one attached hydrogen (secondary N) is 1. The summed E-state index contributed by atoms with van der Waals surface area (Å²) in [5.41, 5.74) is 1.32. The van der Waals surface area contributed by atoms with Crippen LogP contribution in [0.5, 0.6) is 0 Å². The molecule has 0 saturated heterocycles. The fourth-order valence-corrected chi connectivity index (χ4v) is 3.62. The molecule has 2 rings (SSSR count). The molecule has 0 aromatic heterocycles. The zero-order valence-electron chi connectivity index (χ0n) is 13.3. The Morgan fingerprint density at radius 2 is 1.86 bits per heavy atom. The number of benzene rings is 1. The van der Waals surface area contributed by atoms with Gasteiger partial charge in [0.1, 0.15) is 0 Å². The number of hydrogen-bond acceptors (Lipinski definition) is 2. The number of likely N-dealkylation sites (N-methyl/N-ethyl adjacent to an activating group) is 1. The highest BCUT2D eigenvalue weighted by molar-refractivity contribution is 6.30. The molecule has 3 heteroatoms.